The summed E-state index contributed by atoms with van der Waals surface area (Å²) < 4.78 is 6.87. The fraction of sp³-hybridized carbons (Fsp3) is 0.600. The second-order valence-corrected chi connectivity index (χ2v) is 5.40. The van der Waals surface area contributed by atoms with Gasteiger partial charge < -0.3 is 10.1 Å². The second kappa shape index (κ2) is 9.40. The molecule has 0 spiro atoms. The molecule has 0 radical (unpaired) electrons. The van der Waals surface area contributed by atoms with Gasteiger partial charge in [0.25, 0.3) is 0 Å². The molecule has 0 saturated carbocycles. The van der Waals surface area contributed by atoms with Crippen LogP contribution < -0.4 is 10.1 Å². The number of rotatable bonds is 9. The summed E-state index contributed by atoms with van der Waals surface area (Å²) in [4.78, 5) is 0. The van der Waals surface area contributed by atoms with E-state index in [4.69, 9.17) is 4.74 Å². The Morgan fingerprint density at radius 2 is 2.00 bits per heavy atom. The molecule has 18 heavy (non-hydrogen) atoms. The molecule has 1 rings (SSSR count). The van der Waals surface area contributed by atoms with Crippen molar-refractivity contribution in [2.24, 2.45) is 0 Å². The van der Waals surface area contributed by atoms with E-state index >= 15 is 0 Å². The monoisotopic (exact) mass is 313 g/mol. The molecule has 0 bridgehead atoms. The third kappa shape index (κ3) is 5.87. The largest absolute Gasteiger partial charge is 0.493 e. The van der Waals surface area contributed by atoms with Crippen molar-refractivity contribution in [1.29, 1.82) is 0 Å². The van der Waals surface area contributed by atoms with E-state index in [0.29, 0.717) is 0 Å². The van der Waals surface area contributed by atoms with Gasteiger partial charge in [-0.1, -0.05) is 42.6 Å². The summed E-state index contributed by atoms with van der Waals surface area (Å²) in [5, 5.41) is 3.48. The van der Waals surface area contributed by atoms with Crippen molar-refractivity contribution in [3.63, 3.8) is 0 Å². The van der Waals surface area contributed by atoms with Crippen LogP contribution in [0.2, 0.25) is 0 Å². The molecule has 102 valence electrons. The SMILES string of the molecule is CCCCCNCc1cc(Br)ccc1OCCC. The average molecular weight is 314 g/mol. The van der Waals surface area contributed by atoms with E-state index in [1.54, 1.807) is 0 Å². The van der Waals surface area contributed by atoms with Crippen LogP contribution in [0.15, 0.2) is 22.7 Å². The molecule has 0 atom stereocenters. The van der Waals surface area contributed by atoms with Crippen molar-refractivity contribution in [2.45, 2.75) is 46.1 Å². The van der Waals surface area contributed by atoms with Crippen LogP contribution in [0.3, 0.4) is 0 Å². The van der Waals surface area contributed by atoms with Gasteiger partial charge in [0.2, 0.25) is 0 Å². The van der Waals surface area contributed by atoms with Crippen LogP contribution in [0, 0.1) is 0 Å². The van der Waals surface area contributed by atoms with Crippen LogP contribution in [0.4, 0.5) is 0 Å². The van der Waals surface area contributed by atoms with Crippen LogP contribution in [-0.2, 0) is 6.54 Å². The van der Waals surface area contributed by atoms with Gasteiger partial charge in [-0.2, -0.15) is 0 Å². The molecular formula is C15H24BrNO. The Bertz CT molecular complexity index is 341. The van der Waals surface area contributed by atoms with E-state index in [-0.39, 0.29) is 0 Å². The smallest absolute Gasteiger partial charge is 0.123 e. The quantitative estimate of drug-likeness (QED) is 0.677. The molecule has 1 aromatic carbocycles. The predicted octanol–water partition coefficient (Wildman–Crippen LogP) is 4.52. The molecule has 0 aliphatic heterocycles. The van der Waals surface area contributed by atoms with Gasteiger partial charge in [-0.3, -0.25) is 0 Å². The molecule has 0 heterocycles. The van der Waals surface area contributed by atoms with Gasteiger partial charge in [0.05, 0.1) is 6.61 Å². The molecule has 0 aromatic heterocycles. The predicted molar refractivity (Wildman–Crippen MR) is 81.2 cm³/mol. The first-order chi connectivity index (χ1) is 8.77. The maximum Gasteiger partial charge on any atom is 0.123 e. The van der Waals surface area contributed by atoms with Gasteiger partial charge in [-0.05, 0) is 37.6 Å². The Morgan fingerprint density at radius 1 is 1.17 bits per heavy atom. The summed E-state index contributed by atoms with van der Waals surface area (Å²) in [5.41, 5.74) is 1.23. The highest BCUT2D eigenvalue weighted by Crippen LogP contribution is 2.23. The minimum Gasteiger partial charge on any atom is -0.493 e. The highest BCUT2D eigenvalue weighted by molar-refractivity contribution is 9.10. The van der Waals surface area contributed by atoms with Crippen molar-refractivity contribution in [2.75, 3.05) is 13.2 Å². The van der Waals surface area contributed by atoms with Gasteiger partial charge in [0, 0.05) is 16.6 Å². The summed E-state index contributed by atoms with van der Waals surface area (Å²) in [6.07, 6.45) is 4.85. The number of hydrogen-bond acceptors (Lipinski definition) is 2. The standard InChI is InChI=1S/C15H24BrNO/c1-3-5-6-9-17-12-13-11-14(16)7-8-15(13)18-10-4-2/h7-8,11,17H,3-6,9-10,12H2,1-2H3. The van der Waals surface area contributed by atoms with Crippen LogP contribution in [0.1, 0.15) is 45.1 Å². The topological polar surface area (TPSA) is 21.3 Å². The number of hydrogen-bond donors (Lipinski definition) is 1. The fourth-order valence-corrected chi connectivity index (χ4v) is 2.17. The summed E-state index contributed by atoms with van der Waals surface area (Å²) in [6.45, 7) is 7.09. The minimum atomic E-state index is 0.782. The highest BCUT2D eigenvalue weighted by Gasteiger charge is 2.04. The number of ether oxygens (including phenoxy) is 1. The molecule has 1 N–H and O–H groups in total. The maximum absolute atomic E-state index is 5.76. The third-order valence-corrected chi connectivity index (χ3v) is 3.25. The zero-order chi connectivity index (χ0) is 13.2. The van der Waals surface area contributed by atoms with Crippen molar-refractivity contribution in [1.82, 2.24) is 5.32 Å². The third-order valence-electron chi connectivity index (χ3n) is 2.76. The first-order valence-electron chi connectivity index (χ1n) is 6.89. The summed E-state index contributed by atoms with van der Waals surface area (Å²) in [7, 11) is 0. The molecule has 0 aliphatic rings. The van der Waals surface area contributed by atoms with Gasteiger partial charge in [0.1, 0.15) is 5.75 Å². The molecule has 0 unspecified atom stereocenters. The zero-order valence-electron chi connectivity index (χ0n) is 11.5. The van der Waals surface area contributed by atoms with Crippen molar-refractivity contribution < 1.29 is 4.74 Å². The molecule has 0 aliphatic carbocycles. The lowest BCUT2D eigenvalue weighted by Gasteiger charge is -2.12. The van der Waals surface area contributed by atoms with E-state index in [1.807, 2.05) is 12.1 Å². The Labute approximate surface area is 119 Å². The average Bonchev–Trinajstić information content (AvgIpc) is 2.37. The Morgan fingerprint density at radius 3 is 2.72 bits per heavy atom. The summed E-state index contributed by atoms with van der Waals surface area (Å²) >= 11 is 3.52. The molecule has 0 saturated heterocycles. The van der Waals surface area contributed by atoms with Gasteiger partial charge >= 0.3 is 0 Å². The number of unbranched alkanes of at least 4 members (excludes halogenated alkanes) is 2. The van der Waals surface area contributed by atoms with Crippen LogP contribution in [0.5, 0.6) is 5.75 Å². The Balaban J connectivity index is 2.47. The molecule has 0 fully saturated rings. The van der Waals surface area contributed by atoms with E-state index in [0.717, 1.165) is 36.3 Å². The highest BCUT2D eigenvalue weighted by atomic mass is 79.9. The number of benzene rings is 1. The second-order valence-electron chi connectivity index (χ2n) is 4.48. The van der Waals surface area contributed by atoms with E-state index in [9.17, 15) is 0 Å². The van der Waals surface area contributed by atoms with Crippen molar-refractivity contribution in [3.05, 3.63) is 28.2 Å². The number of halogens is 1. The molecular weight excluding hydrogens is 290 g/mol. The molecule has 2 nitrogen and oxygen atoms in total. The maximum atomic E-state index is 5.76. The minimum absolute atomic E-state index is 0.782. The Kier molecular flexibility index (Phi) is 8.10. The van der Waals surface area contributed by atoms with E-state index < -0.39 is 0 Å². The van der Waals surface area contributed by atoms with Gasteiger partial charge in [0.15, 0.2) is 0 Å². The lowest BCUT2D eigenvalue weighted by molar-refractivity contribution is 0.313. The number of nitrogens with one attached hydrogen (secondary N) is 1. The van der Waals surface area contributed by atoms with Gasteiger partial charge in [-0.15, -0.1) is 0 Å². The van der Waals surface area contributed by atoms with Crippen molar-refractivity contribution >= 4 is 15.9 Å². The van der Waals surface area contributed by atoms with Crippen LogP contribution in [0.25, 0.3) is 0 Å². The lowest BCUT2D eigenvalue weighted by atomic mass is 10.2. The first-order valence-corrected chi connectivity index (χ1v) is 7.69. The van der Waals surface area contributed by atoms with Crippen LogP contribution in [-0.4, -0.2) is 13.2 Å². The zero-order valence-corrected chi connectivity index (χ0v) is 13.1. The van der Waals surface area contributed by atoms with Gasteiger partial charge in [-0.25, -0.2) is 0 Å². The van der Waals surface area contributed by atoms with E-state index in [2.05, 4.69) is 41.2 Å². The lowest BCUT2D eigenvalue weighted by Crippen LogP contribution is -2.15. The molecule has 0 amide bonds. The van der Waals surface area contributed by atoms with Crippen LogP contribution >= 0.6 is 15.9 Å². The van der Waals surface area contributed by atoms with Crippen molar-refractivity contribution in [3.8, 4) is 5.75 Å². The van der Waals surface area contributed by atoms with E-state index in [1.165, 1.54) is 24.8 Å². The summed E-state index contributed by atoms with van der Waals surface area (Å²) in [6, 6.07) is 6.21. The molecule has 1 aromatic rings. The Hall–Kier alpha value is -0.540. The first kappa shape index (κ1) is 15.5. The molecule has 3 heteroatoms. The normalized spacial score (nSPS) is 10.6. The fourth-order valence-electron chi connectivity index (χ4n) is 1.76. The summed E-state index contributed by atoms with van der Waals surface area (Å²) in [5.74, 6) is 1.00.